The molecule has 1 saturated heterocycles. The molecule has 1 aliphatic heterocycles. The lowest BCUT2D eigenvalue weighted by Gasteiger charge is -2.25. The number of amides is 2. The molecule has 1 unspecified atom stereocenters. The quantitative estimate of drug-likeness (QED) is 0.666. The summed E-state index contributed by atoms with van der Waals surface area (Å²) in [5.41, 5.74) is 2.85. The molecule has 1 N–H and O–H groups in total. The lowest BCUT2D eigenvalue weighted by Crippen LogP contribution is -2.40. The molecule has 0 radical (unpaired) electrons. The molecule has 1 atom stereocenters. The molecular weight excluding hydrogens is 400 g/mol. The number of ether oxygens (including phenoxy) is 1. The van der Waals surface area contributed by atoms with Gasteiger partial charge in [0.25, 0.3) is 5.91 Å². The zero-order valence-electron chi connectivity index (χ0n) is 17.8. The Labute approximate surface area is 183 Å². The largest absolute Gasteiger partial charge is 0.483 e. The van der Waals surface area contributed by atoms with Crippen molar-refractivity contribution >= 4 is 23.4 Å². The standard InChI is InChI=1S/C24H29ClN2O3/c1-16(2)19-13-20(25)17(3)12-22(19)30-15-23(28)26-21(18-8-5-4-6-9-18)14-27-11-7-10-24(27)29/h4-6,8-9,12-13,16,21H,7,10-11,14-15H2,1-3H3,(H,26,28). The number of aryl methyl sites for hydroxylation is 1. The van der Waals surface area contributed by atoms with Crippen molar-refractivity contribution in [1.29, 1.82) is 0 Å². The Hall–Kier alpha value is -2.53. The summed E-state index contributed by atoms with van der Waals surface area (Å²) in [6, 6.07) is 13.2. The average Bonchev–Trinajstić information content (AvgIpc) is 3.13. The Morgan fingerprint density at radius 2 is 1.97 bits per heavy atom. The first-order valence-corrected chi connectivity index (χ1v) is 10.8. The van der Waals surface area contributed by atoms with Crippen molar-refractivity contribution in [2.24, 2.45) is 0 Å². The van der Waals surface area contributed by atoms with Crippen LogP contribution in [0.1, 0.15) is 55.3 Å². The summed E-state index contributed by atoms with van der Waals surface area (Å²) in [6.45, 7) is 7.14. The molecule has 160 valence electrons. The molecule has 1 heterocycles. The Bertz CT molecular complexity index is 899. The number of rotatable bonds is 8. The van der Waals surface area contributed by atoms with Gasteiger partial charge in [-0.25, -0.2) is 0 Å². The molecule has 2 aromatic carbocycles. The second-order valence-electron chi connectivity index (χ2n) is 8.06. The molecule has 1 fully saturated rings. The topological polar surface area (TPSA) is 58.6 Å². The Kier molecular flexibility index (Phi) is 7.38. The zero-order valence-corrected chi connectivity index (χ0v) is 18.5. The molecular formula is C24H29ClN2O3. The lowest BCUT2D eigenvalue weighted by molar-refractivity contribution is -0.129. The molecule has 0 aromatic heterocycles. The highest BCUT2D eigenvalue weighted by molar-refractivity contribution is 6.31. The summed E-state index contributed by atoms with van der Waals surface area (Å²) in [7, 11) is 0. The minimum Gasteiger partial charge on any atom is -0.483 e. The van der Waals surface area contributed by atoms with Gasteiger partial charge in [0.05, 0.1) is 6.04 Å². The van der Waals surface area contributed by atoms with Crippen LogP contribution >= 0.6 is 11.6 Å². The fourth-order valence-corrected chi connectivity index (χ4v) is 3.84. The summed E-state index contributed by atoms with van der Waals surface area (Å²) in [6.07, 6.45) is 1.44. The van der Waals surface area contributed by atoms with Gasteiger partial charge >= 0.3 is 0 Å². The van der Waals surface area contributed by atoms with Gasteiger partial charge in [-0.15, -0.1) is 0 Å². The Morgan fingerprint density at radius 3 is 2.60 bits per heavy atom. The lowest BCUT2D eigenvalue weighted by atomic mass is 10.0. The van der Waals surface area contributed by atoms with E-state index in [1.165, 1.54) is 0 Å². The predicted molar refractivity (Wildman–Crippen MR) is 119 cm³/mol. The van der Waals surface area contributed by atoms with Crippen molar-refractivity contribution in [3.63, 3.8) is 0 Å². The van der Waals surface area contributed by atoms with Crippen LogP contribution < -0.4 is 10.1 Å². The third kappa shape index (κ3) is 5.54. The first-order chi connectivity index (χ1) is 14.3. The monoisotopic (exact) mass is 428 g/mol. The summed E-state index contributed by atoms with van der Waals surface area (Å²) in [4.78, 5) is 26.6. The maximum atomic E-state index is 12.7. The number of hydrogen-bond acceptors (Lipinski definition) is 3. The van der Waals surface area contributed by atoms with E-state index in [0.717, 1.165) is 29.7 Å². The van der Waals surface area contributed by atoms with E-state index in [4.69, 9.17) is 16.3 Å². The van der Waals surface area contributed by atoms with E-state index in [9.17, 15) is 9.59 Å². The van der Waals surface area contributed by atoms with E-state index >= 15 is 0 Å². The van der Waals surface area contributed by atoms with Crippen LogP contribution in [0.2, 0.25) is 5.02 Å². The predicted octanol–water partition coefficient (Wildman–Crippen LogP) is 4.63. The minimum absolute atomic E-state index is 0.0991. The molecule has 2 amide bonds. The number of carbonyl (C=O) groups is 2. The number of benzene rings is 2. The SMILES string of the molecule is Cc1cc(OCC(=O)NC(CN2CCCC2=O)c2ccccc2)c(C(C)C)cc1Cl. The number of nitrogens with zero attached hydrogens (tertiary/aromatic N) is 1. The van der Waals surface area contributed by atoms with E-state index < -0.39 is 0 Å². The molecule has 0 spiro atoms. The van der Waals surface area contributed by atoms with Crippen LogP contribution in [0.25, 0.3) is 0 Å². The first kappa shape index (κ1) is 22.2. The molecule has 0 saturated carbocycles. The van der Waals surface area contributed by atoms with Crippen molar-refractivity contribution in [3.05, 3.63) is 64.2 Å². The molecule has 5 nitrogen and oxygen atoms in total. The molecule has 6 heteroatoms. The number of carbonyl (C=O) groups excluding carboxylic acids is 2. The van der Waals surface area contributed by atoms with E-state index in [-0.39, 0.29) is 30.4 Å². The fraction of sp³-hybridized carbons (Fsp3) is 0.417. The maximum absolute atomic E-state index is 12.7. The molecule has 3 rings (SSSR count). The highest BCUT2D eigenvalue weighted by atomic mass is 35.5. The smallest absolute Gasteiger partial charge is 0.258 e. The molecule has 0 bridgehead atoms. The third-order valence-electron chi connectivity index (χ3n) is 5.38. The van der Waals surface area contributed by atoms with Crippen LogP contribution in [0.5, 0.6) is 5.75 Å². The third-order valence-corrected chi connectivity index (χ3v) is 5.79. The van der Waals surface area contributed by atoms with Crippen LogP contribution in [0.15, 0.2) is 42.5 Å². The number of nitrogens with one attached hydrogen (secondary N) is 1. The number of likely N-dealkylation sites (tertiary alicyclic amines) is 1. The van der Waals surface area contributed by atoms with Crippen molar-refractivity contribution < 1.29 is 14.3 Å². The van der Waals surface area contributed by atoms with E-state index in [2.05, 4.69) is 19.2 Å². The van der Waals surface area contributed by atoms with Gasteiger partial charge in [-0.2, -0.15) is 0 Å². The van der Waals surface area contributed by atoms with E-state index in [1.54, 1.807) is 0 Å². The van der Waals surface area contributed by atoms with E-state index in [0.29, 0.717) is 23.7 Å². The Morgan fingerprint density at radius 1 is 1.23 bits per heavy atom. The molecule has 2 aromatic rings. The van der Waals surface area contributed by atoms with Gasteiger partial charge in [0.2, 0.25) is 5.91 Å². The van der Waals surface area contributed by atoms with Gasteiger partial charge in [-0.3, -0.25) is 9.59 Å². The Balaban J connectivity index is 1.69. The fourth-order valence-electron chi connectivity index (χ4n) is 3.66. The van der Waals surface area contributed by atoms with Crippen molar-refractivity contribution in [1.82, 2.24) is 10.2 Å². The second-order valence-corrected chi connectivity index (χ2v) is 8.46. The van der Waals surface area contributed by atoms with Gasteiger partial charge < -0.3 is 15.0 Å². The van der Waals surface area contributed by atoms with Gasteiger partial charge in [-0.1, -0.05) is 55.8 Å². The number of halogens is 1. The molecule has 1 aliphatic rings. The van der Waals surface area contributed by atoms with Crippen LogP contribution in [0, 0.1) is 6.92 Å². The summed E-state index contributed by atoms with van der Waals surface area (Å²) in [5, 5.41) is 3.73. The van der Waals surface area contributed by atoms with Crippen molar-refractivity contribution in [3.8, 4) is 5.75 Å². The summed E-state index contributed by atoms with van der Waals surface area (Å²) >= 11 is 6.26. The van der Waals surface area contributed by atoms with Crippen molar-refractivity contribution in [2.75, 3.05) is 19.7 Å². The van der Waals surface area contributed by atoms with Crippen LogP contribution in [-0.4, -0.2) is 36.4 Å². The molecule has 0 aliphatic carbocycles. The van der Waals surface area contributed by atoms with Gasteiger partial charge in [-0.05, 0) is 48.1 Å². The summed E-state index contributed by atoms with van der Waals surface area (Å²) in [5.74, 6) is 0.810. The highest BCUT2D eigenvalue weighted by Crippen LogP contribution is 2.32. The van der Waals surface area contributed by atoms with E-state index in [1.807, 2.05) is 54.3 Å². The number of hydrogen-bond donors (Lipinski definition) is 1. The van der Waals surface area contributed by atoms with Crippen LogP contribution in [-0.2, 0) is 9.59 Å². The van der Waals surface area contributed by atoms with Gasteiger partial charge in [0, 0.05) is 24.5 Å². The maximum Gasteiger partial charge on any atom is 0.258 e. The second kappa shape index (κ2) is 9.98. The van der Waals surface area contributed by atoms with Gasteiger partial charge in [0.15, 0.2) is 6.61 Å². The minimum atomic E-state index is -0.277. The highest BCUT2D eigenvalue weighted by Gasteiger charge is 2.25. The molecule has 30 heavy (non-hydrogen) atoms. The van der Waals surface area contributed by atoms with Crippen molar-refractivity contribution in [2.45, 2.75) is 45.6 Å². The average molecular weight is 429 g/mol. The van der Waals surface area contributed by atoms with Crippen LogP contribution in [0.3, 0.4) is 0 Å². The van der Waals surface area contributed by atoms with Gasteiger partial charge in [0.1, 0.15) is 5.75 Å². The summed E-state index contributed by atoms with van der Waals surface area (Å²) < 4.78 is 5.87. The van der Waals surface area contributed by atoms with Crippen LogP contribution in [0.4, 0.5) is 0 Å². The zero-order chi connectivity index (χ0) is 21.7. The first-order valence-electron chi connectivity index (χ1n) is 10.4. The normalized spacial score (nSPS) is 14.8.